The number of halogens is 1. The van der Waals surface area contributed by atoms with E-state index < -0.39 is 0 Å². The summed E-state index contributed by atoms with van der Waals surface area (Å²) < 4.78 is 5.45. The van der Waals surface area contributed by atoms with Gasteiger partial charge in [0.15, 0.2) is 0 Å². The molecule has 0 saturated carbocycles. The molecule has 0 bridgehead atoms. The fourth-order valence-electron chi connectivity index (χ4n) is 2.78. The van der Waals surface area contributed by atoms with Crippen molar-refractivity contribution in [3.8, 4) is 0 Å². The Bertz CT molecular complexity index is 523. The maximum absolute atomic E-state index is 5.45. The molecule has 2 aromatic heterocycles. The van der Waals surface area contributed by atoms with E-state index in [9.17, 15) is 0 Å². The second-order valence-corrected chi connectivity index (χ2v) is 5.69. The lowest BCUT2D eigenvalue weighted by molar-refractivity contribution is 0.406. The molecule has 1 atom stereocenters. The second kappa shape index (κ2) is 5.31. The van der Waals surface area contributed by atoms with Crippen molar-refractivity contribution in [2.24, 2.45) is 5.92 Å². The number of rotatable bonds is 3. The van der Waals surface area contributed by atoms with Crippen LogP contribution < -0.4 is 4.90 Å². The average molecular weight is 309 g/mol. The number of nitrogens with zero attached hydrogens (tertiary/aromatic N) is 2. The van der Waals surface area contributed by atoms with Gasteiger partial charge in [0.25, 0.3) is 0 Å². The van der Waals surface area contributed by atoms with E-state index in [0.717, 1.165) is 41.1 Å². The number of alkyl halides is 1. The average Bonchev–Trinajstić information content (AvgIpc) is 2.87. The lowest BCUT2D eigenvalue weighted by atomic mass is 9.95. The summed E-state index contributed by atoms with van der Waals surface area (Å²) in [4.78, 5) is 6.96. The smallest absolute Gasteiger partial charge is 0.139 e. The van der Waals surface area contributed by atoms with Gasteiger partial charge in [-0.25, -0.2) is 4.98 Å². The molecule has 18 heavy (non-hydrogen) atoms. The Labute approximate surface area is 115 Å². The minimum absolute atomic E-state index is 0.780. The Hall–Kier alpha value is -1.03. The highest BCUT2D eigenvalue weighted by atomic mass is 79.9. The van der Waals surface area contributed by atoms with Crippen LogP contribution in [0.2, 0.25) is 0 Å². The van der Waals surface area contributed by atoms with Crippen LogP contribution in [0.4, 0.5) is 5.82 Å². The summed E-state index contributed by atoms with van der Waals surface area (Å²) in [5, 5.41) is 2.23. The topological polar surface area (TPSA) is 29.3 Å². The van der Waals surface area contributed by atoms with Crippen molar-refractivity contribution >= 4 is 32.7 Å². The number of furan rings is 1. The molecule has 1 aliphatic heterocycles. The fourth-order valence-corrected chi connectivity index (χ4v) is 3.43. The number of hydrogen-bond acceptors (Lipinski definition) is 3. The van der Waals surface area contributed by atoms with Gasteiger partial charge in [-0.15, -0.1) is 0 Å². The Balaban J connectivity index is 1.87. The van der Waals surface area contributed by atoms with E-state index in [0.29, 0.717) is 0 Å². The fraction of sp³-hybridized carbons (Fsp3) is 0.500. The zero-order valence-corrected chi connectivity index (χ0v) is 11.9. The number of anilines is 1. The lowest BCUT2D eigenvalue weighted by Crippen LogP contribution is -2.36. The van der Waals surface area contributed by atoms with Crippen molar-refractivity contribution in [3.05, 3.63) is 24.6 Å². The van der Waals surface area contributed by atoms with Crippen LogP contribution in [-0.2, 0) is 0 Å². The van der Waals surface area contributed by atoms with Crippen LogP contribution in [0.5, 0.6) is 0 Å². The van der Waals surface area contributed by atoms with Gasteiger partial charge in [-0.2, -0.15) is 0 Å². The Morgan fingerprint density at radius 1 is 1.44 bits per heavy atom. The second-order valence-electron chi connectivity index (χ2n) is 4.90. The molecule has 1 saturated heterocycles. The molecule has 0 radical (unpaired) electrons. The molecule has 3 rings (SSSR count). The van der Waals surface area contributed by atoms with Gasteiger partial charge in [0.1, 0.15) is 11.4 Å². The summed E-state index contributed by atoms with van der Waals surface area (Å²) in [6.07, 6.45) is 7.43. The standard InChI is InChI=1S/C14H17BrN2O/c15-6-3-11-2-1-8-17(10-11)14-12-5-9-18-13(12)4-7-16-14/h4-5,7,9,11H,1-3,6,8,10H2. The zero-order valence-electron chi connectivity index (χ0n) is 10.3. The van der Waals surface area contributed by atoms with Gasteiger partial charge in [-0.05, 0) is 37.3 Å². The van der Waals surface area contributed by atoms with Crippen molar-refractivity contribution < 1.29 is 4.42 Å². The molecule has 2 aromatic rings. The van der Waals surface area contributed by atoms with E-state index in [1.165, 1.54) is 19.3 Å². The van der Waals surface area contributed by atoms with Crippen molar-refractivity contribution in [2.75, 3.05) is 23.3 Å². The molecular formula is C14H17BrN2O. The molecule has 4 heteroatoms. The van der Waals surface area contributed by atoms with Crippen LogP contribution in [0.1, 0.15) is 19.3 Å². The summed E-state index contributed by atoms with van der Waals surface area (Å²) in [7, 11) is 0. The van der Waals surface area contributed by atoms with Crippen LogP contribution in [0.15, 0.2) is 29.0 Å². The molecule has 1 unspecified atom stereocenters. The predicted molar refractivity (Wildman–Crippen MR) is 77.4 cm³/mol. The van der Waals surface area contributed by atoms with E-state index in [1.807, 2.05) is 18.3 Å². The third-order valence-electron chi connectivity index (χ3n) is 3.69. The monoisotopic (exact) mass is 308 g/mol. The molecule has 3 nitrogen and oxygen atoms in total. The molecule has 0 spiro atoms. The first-order chi connectivity index (χ1) is 8.88. The molecule has 3 heterocycles. The highest BCUT2D eigenvalue weighted by Crippen LogP contribution is 2.29. The van der Waals surface area contributed by atoms with E-state index in [2.05, 4.69) is 25.8 Å². The van der Waals surface area contributed by atoms with E-state index >= 15 is 0 Å². The molecule has 0 N–H and O–H groups in total. The highest BCUT2D eigenvalue weighted by Gasteiger charge is 2.22. The Morgan fingerprint density at radius 3 is 3.28 bits per heavy atom. The van der Waals surface area contributed by atoms with Gasteiger partial charge in [-0.3, -0.25) is 0 Å². The number of piperidine rings is 1. The normalized spacial score (nSPS) is 20.5. The first-order valence-electron chi connectivity index (χ1n) is 6.51. The Kier molecular flexibility index (Phi) is 3.55. The molecule has 0 amide bonds. The lowest BCUT2D eigenvalue weighted by Gasteiger charge is -2.33. The van der Waals surface area contributed by atoms with Gasteiger partial charge < -0.3 is 9.32 Å². The summed E-state index contributed by atoms with van der Waals surface area (Å²) >= 11 is 3.55. The Morgan fingerprint density at radius 2 is 2.39 bits per heavy atom. The number of aromatic nitrogens is 1. The SMILES string of the molecule is BrCCC1CCCN(c2nccc3occc23)C1. The quantitative estimate of drug-likeness (QED) is 0.807. The van der Waals surface area contributed by atoms with Gasteiger partial charge in [0.2, 0.25) is 0 Å². The van der Waals surface area contributed by atoms with E-state index in [1.54, 1.807) is 6.26 Å². The van der Waals surface area contributed by atoms with Crippen molar-refractivity contribution in [3.63, 3.8) is 0 Å². The summed E-state index contributed by atoms with van der Waals surface area (Å²) in [5.74, 6) is 1.86. The molecule has 1 fully saturated rings. The van der Waals surface area contributed by atoms with Crippen LogP contribution in [-0.4, -0.2) is 23.4 Å². The first-order valence-corrected chi connectivity index (χ1v) is 7.64. The van der Waals surface area contributed by atoms with Crippen LogP contribution in [0.3, 0.4) is 0 Å². The number of pyridine rings is 1. The third-order valence-corrected chi connectivity index (χ3v) is 4.15. The van der Waals surface area contributed by atoms with E-state index in [-0.39, 0.29) is 0 Å². The van der Waals surface area contributed by atoms with Crippen LogP contribution in [0.25, 0.3) is 11.0 Å². The minimum Gasteiger partial charge on any atom is -0.464 e. The van der Waals surface area contributed by atoms with Crippen LogP contribution in [0, 0.1) is 5.92 Å². The zero-order chi connectivity index (χ0) is 12.4. The summed E-state index contributed by atoms with van der Waals surface area (Å²) in [6.45, 7) is 2.22. The van der Waals surface area contributed by atoms with Crippen molar-refractivity contribution in [1.29, 1.82) is 0 Å². The molecule has 1 aliphatic rings. The summed E-state index contributed by atoms with van der Waals surface area (Å²) in [6, 6.07) is 3.95. The molecule has 0 aromatic carbocycles. The van der Waals surface area contributed by atoms with Crippen molar-refractivity contribution in [1.82, 2.24) is 4.98 Å². The maximum atomic E-state index is 5.45. The molecule has 0 aliphatic carbocycles. The highest BCUT2D eigenvalue weighted by molar-refractivity contribution is 9.09. The number of fused-ring (bicyclic) bond motifs is 1. The number of hydrogen-bond donors (Lipinski definition) is 0. The predicted octanol–water partition coefficient (Wildman–Crippen LogP) is 3.83. The summed E-state index contributed by atoms with van der Waals surface area (Å²) in [5.41, 5.74) is 0.933. The van der Waals surface area contributed by atoms with Gasteiger partial charge in [-0.1, -0.05) is 15.9 Å². The molecule has 96 valence electrons. The van der Waals surface area contributed by atoms with E-state index in [4.69, 9.17) is 4.42 Å². The third kappa shape index (κ3) is 2.26. The first kappa shape index (κ1) is 12.0. The van der Waals surface area contributed by atoms with Gasteiger partial charge in [0, 0.05) is 24.6 Å². The van der Waals surface area contributed by atoms with Gasteiger partial charge >= 0.3 is 0 Å². The minimum atomic E-state index is 0.780. The molecular weight excluding hydrogens is 292 g/mol. The van der Waals surface area contributed by atoms with Gasteiger partial charge in [0.05, 0.1) is 11.6 Å². The maximum Gasteiger partial charge on any atom is 0.139 e. The van der Waals surface area contributed by atoms with Crippen LogP contribution >= 0.6 is 15.9 Å². The largest absolute Gasteiger partial charge is 0.464 e. The van der Waals surface area contributed by atoms with Crippen molar-refractivity contribution in [2.45, 2.75) is 19.3 Å².